The van der Waals surface area contributed by atoms with Gasteiger partial charge >= 0.3 is 5.97 Å². The van der Waals surface area contributed by atoms with Gasteiger partial charge in [0.25, 0.3) is 10.1 Å². The third-order valence-corrected chi connectivity index (χ3v) is 20.9. The molecule has 43 heteroatoms. The monoisotopic (exact) mass is 1720 g/mol. The number of benzene rings is 2. The number of fused-ring (bicyclic) bond motifs is 1. The maximum absolute atomic E-state index is 15.4. The van der Waals surface area contributed by atoms with Gasteiger partial charge in [0.1, 0.15) is 96.9 Å². The molecule has 0 unspecified atom stereocenters. The molecule has 42 nitrogen and oxygen atoms in total. The van der Waals surface area contributed by atoms with E-state index in [1.165, 1.54) is 4.90 Å². The second-order valence-corrected chi connectivity index (χ2v) is 34.2. The van der Waals surface area contributed by atoms with E-state index in [2.05, 4.69) is 68.5 Å². The Bertz CT molecular complexity index is 4390. The number of aromatic amines is 1. The Balaban J connectivity index is 1.56. The number of likely N-dealkylation sites (tertiary alicyclic amines) is 1. The SMILES string of the molecule is CC[C@H](NC=O)C(=O)N[C@@H](Cc1ccccc1)C(=O)N1CCC[C@H]1C(=O)N[C@H](C(=O)N[C@H](C(=O)N[C@@H](Cc1c[nH]c2ccccc12)C(=O)N[C@@H](CCCN=C(N)N)C(=O)N[C@@H](CS(=O)(=O)O)C(=O)N[C@@H]1C(=O)N(C)[C@@H](CCC(N)=O)C(=O)N[C@@H](CC(C)C)C(=O)N[C@@H]([C@@H](C)O)C(=O)N[C@@H](CC(N)=O)C(=O)N(C)CC(=O)O[C@@H]1C)C(C)(C)C)C(C)(C)C. The van der Waals surface area contributed by atoms with Gasteiger partial charge in [-0.1, -0.05) is 111 Å². The molecule has 3 heterocycles. The first kappa shape index (κ1) is 99.7. The van der Waals surface area contributed by atoms with Gasteiger partial charge in [0, 0.05) is 63.5 Å². The van der Waals surface area contributed by atoms with Crippen LogP contribution in [0.15, 0.2) is 65.8 Å². The van der Waals surface area contributed by atoms with Gasteiger partial charge in [-0.2, -0.15) is 8.42 Å². The van der Waals surface area contributed by atoms with Crippen molar-refractivity contribution in [2.75, 3.05) is 39.5 Å². The first-order valence-corrected chi connectivity index (χ1v) is 41.2. The summed E-state index contributed by atoms with van der Waals surface area (Å²) in [6.45, 7) is 15.5. The molecule has 0 spiro atoms. The number of aliphatic hydroxyl groups is 1. The summed E-state index contributed by atoms with van der Waals surface area (Å²) in [5, 5.41) is 38.8. The summed E-state index contributed by atoms with van der Waals surface area (Å²) < 4.78 is 42.2. The number of hydrogen-bond donors (Lipinski definition) is 18. The van der Waals surface area contributed by atoms with Gasteiger partial charge in [-0.05, 0) is 92.7 Å². The van der Waals surface area contributed by atoms with Crippen molar-refractivity contribution in [1.29, 1.82) is 0 Å². The molecular formula is C78H118N20O22S. The van der Waals surface area contributed by atoms with Crippen LogP contribution >= 0.6 is 0 Å². The van der Waals surface area contributed by atoms with Crippen LogP contribution in [0, 0.1) is 16.7 Å². The number of primary amides is 2. The number of cyclic esters (lactones) is 1. The number of aliphatic hydroxyl groups excluding tert-OH is 1. The molecule has 668 valence electrons. The molecule has 15 atom stereocenters. The molecule has 2 fully saturated rings. The molecule has 2 aliphatic heterocycles. The Labute approximate surface area is 701 Å². The zero-order valence-electron chi connectivity index (χ0n) is 70.3. The number of nitrogens with zero attached hydrogens (tertiary/aromatic N) is 4. The number of nitrogens with one attached hydrogen (secondary N) is 12. The van der Waals surface area contributed by atoms with Crippen LogP contribution in [0.2, 0.25) is 0 Å². The zero-order valence-corrected chi connectivity index (χ0v) is 71.1. The topological polar surface area (TPSA) is 648 Å². The lowest BCUT2D eigenvalue weighted by Gasteiger charge is -2.37. The number of hydrogen-bond acceptors (Lipinski definition) is 22. The molecular weight excluding hydrogens is 1600 g/mol. The Morgan fingerprint density at radius 1 is 0.686 bits per heavy atom. The fourth-order valence-electron chi connectivity index (χ4n) is 13.7. The van der Waals surface area contributed by atoms with Crippen LogP contribution < -0.4 is 81.4 Å². The zero-order chi connectivity index (χ0) is 90.9. The Morgan fingerprint density at radius 2 is 1.26 bits per heavy atom. The normalized spacial score (nSPS) is 20.7. The van der Waals surface area contributed by atoms with Crippen LogP contribution in [0.25, 0.3) is 10.9 Å². The predicted molar refractivity (Wildman–Crippen MR) is 438 cm³/mol. The number of para-hydroxylation sites is 1. The number of H-pyrrole nitrogens is 1. The lowest BCUT2D eigenvalue weighted by atomic mass is 9.83. The van der Waals surface area contributed by atoms with Crippen LogP contribution in [0.5, 0.6) is 0 Å². The number of amides is 16. The molecule has 2 saturated heterocycles. The summed E-state index contributed by atoms with van der Waals surface area (Å²) >= 11 is 0. The number of nitrogens with two attached hydrogens (primary N) is 4. The van der Waals surface area contributed by atoms with E-state index in [0.29, 0.717) is 44.7 Å². The van der Waals surface area contributed by atoms with Crippen molar-refractivity contribution < 1.29 is 104 Å². The van der Waals surface area contributed by atoms with E-state index in [1.54, 1.807) is 123 Å². The van der Waals surface area contributed by atoms with Gasteiger partial charge in [-0.25, -0.2) is 0 Å². The van der Waals surface area contributed by atoms with Crippen molar-refractivity contribution in [3.63, 3.8) is 0 Å². The summed E-state index contributed by atoms with van der Waals surface area (Å²) in [5.74, 6) is -20.3. The predicted octanol–water partition coefficient (Wildman–Crippen LogP) is -4.85. The highest BCUT2D eigenvalue weighted by Crippen LogP contribution is 2.28. The summed E-state index contributed by atoms with van der Waals surface area (Å²) in [7, 11) is -3.45. The van der Waals surface area contributed by atoms with Gasteiger partial charge in [0.05, 0.1) is 12.5 Å². The highest BCUT2D eigenvalue weighted by atomic mass is 32.2. The molecule has 121 heavy (non-hydrogen) atoms. The fraction of sp³-hybridized carbons (Fsp3) is 0.590. The molecule has 0 radical (unpaired) electrons. The molecule has 1 aromatic heterocycles. The average molecular weight is 1720 g/mol. The van der Waals surface area contributed by atoms with Gasteiger partial charge in [0.15, 0.2) is 5.96 Å². The molecule has 0 bridgehead atoms. The molecule has 2 aromatic carbocycles. The van der Waals surface area contributed by atoms with Crippen LogP contribution in [-0.2, 0) is 109 Å². The van der Waals surface area contributed by atoms with Crippen molar-refractivity contribution in [1.82, 2.24) is 78.2 Å². The van der Waals surface area contributed by atoms with E-state index in [-0.39, 0.29) is 51.6 Å². The smallest absolute Gasteiger partial charge is 0.325 e. The summed E-state index contributed by atoms with van der Waals surface area (Å²) in [5.41, 5.74) is 21.6. The van der Waals surface area contributed by atoms with E-state index in [4.69, 9.17) is 27.7 Å². The van der Waals surface area contributed by atoms with Crippen molar-refractivity contribution in [3.8, 4) is 0 Å². The number of guanidine groups is 1. The number of carbonyl (C=O) groups is 17. The highest BCUT2D eigenvalue weighted by Gasteiger charge is 2.46. The number of aliphatic imine (C=N–C) groups is 1. The first-order valence-electron chi connectivity index (χ1n) is 39.6. The molecule has 2 aliphatic rings. The van der Waals surface area contributed by atoms with E-state index in [1.807, 2.05) is 0 Å². The van der Waals surface area contributed by atoms with Gasteiger partial charge in [-0.3, -0.25) is 91.1 Å². The van der Waals surface area contributed by atoms with E-state index in [9.17, 15) is 70.8 Å². The largest absolute Gasteiger partial charge is 0.459 e. The Kier molecular flexibility index (Phi) is 37.0. The molecule has 22 N–H and O–H groups in total. The molecule has 16 amide bonds. The standard InChI is InChI=1S/C78H118N20O22S/c1-14-46(85-39-99)63(104)89-51(33-43-22-16-15-17-23-43)74(115)98-31-21-27-55(98)69(110)94-62(78(9,10)11)72(113)95-61(77(6,7)8)71(112)88-50(34-44-36-84-47-25-19-18-24-45(44)47)65(106)86-48(26-20-30-83-76(81)82)64(105)91-53(38-121(117,118)119)67(108)93-60-42(5)120-58(103)37-96(12)73(114)52(35-57(80)102)90-70(111)59(41(4)100)92-66(107)49(32-40(2)3)87-68(109)54(28-29-56(79)101)97(13)75(60)116/h15-19,22-25,36,39-42,46,48-55,59-62,84,100H,14,20-21,26-35,37-38H2,1-13H3,(H2,79,101)(H2,80,102)(H,85,99)(H,86,106)(H,87,109)(H,88,112)(H,89,104)(H,90,111)(H,91,105)(H,92,107)(H,93,108)(H,94,110)(H,95,113)(H4,81,82,83)(H,117,118,119)/t41-,42-,46+,48+,49+,50+,51+,52+,53+,54+,55+,59+,60+,61-,62-/m1/s1. The van der Waals surface area contributed by atoms with Gasteiger partial charge in [0.2, 0.25) is 95.0 Å². The van der Waals surface area contributed by atoms with Crippen LogP contribution in [-0.4, -0.2) is 275 Å². The number of carbonyl (C=O) groups excluding carboxylic acids is 17. The molecule has 5 rings (SSSR count). The third kappa shape index (κ3) is 30.4. The summed E-state index contributed by atoms with van der Waals surface area (Å²) in [4.78, 5) is 250. The maximum Gasteiger partial charge on any atom is 0.325 e. The molecule has 0 aliphatic carbocycles. The average Bonchev–Trinajstić information content (AvgIpc) is 1.80. The quantitative estimate of drug-likeness (QED) is 0.00648. The van der Waals surface area contributed by atoms with Crippen LogP contribution in [0.4, 0.5) is 0 Å². The summed E-state index contributed by atoms with van der Waals surface area (Å²) in [6.07, 6.45) is -4.53. The minimum atomic E-state index is -5.43. The number of esters is 1. The van der Waals surface area contributed by atoms with E-state index < -0.39 is 256 Å². The van der Waals surface area contributed by atoms with Crippen molar-refractivity contribution >= 4 is 128 Å². The number of likely N-dealkylation sites (N-methyl/N-ethyl adjacent to an activating group) is 2. The lowest BCUT2D eigenvalue weighted by Crippen LogP contribution is -2.64. The molecule has 3 aromatic rings. The first-order chi connectivity index (χ1) is 56.5. The summed E-state index contributed by atoms with van der Waals surface area (Å²) in [6, 6.07) is -6.49. The Morgan fingerprint density at radius 3 is 1.85 bits per heavy atom. The van der Waals surface area contributed by atoms with Gasteiger partial charge < -0.3 is 111 Å². The van der Waals surface area contributed by atoms with E-state index in [0.717, 1.165) is 27.9 Å². The minimum absolute atomic E-state index is 0.00963. The minimum Gasteiger partial charge on any atom is -0.459 e. The van der Waals surface area contributed by atoms with Crippen LogP contribution in [0.3, 0.4) is 0 Å². The van der Waals surface area contributed by atoms with E-state index >= 15 is 28.8 Å². The van der Waals surface area contributed by atoms with Gasteiger partial charge in [-0.15, -0.1) is 0 Å². The second kappa shape index (κ2) is 45.0. The number of ether oxygens (including phenoxy) is 1. The fourth-order valence-corrected chi connectivity index (χ4v) is 14.4. The lowest BCUT2D eigenvalue weighted by molar-refractivity contribution is -0.158. The maximum atomic E-state index is 15.4. The number of rotatable bonds is 36. The van der Waals surface area contributed by atoms with Crippen molar-refractivity contribution in [2.24, 2.45) is 44.7 Å². The molecule has 0 saturated carbocycles. The Hall–Kier alpha value is -11.9. The number of aromatic nitrogens is 1. The van der Waals surface area contributed by atoms with Crippen molar-refractivity contribution in [3.05, 3.63) is 71.9 Å². The second-order valence-electron chi connectivity index (χ2n) is 32.7. The third-order valence-electron chi connectivity index (χ3n) is 20.2. The van der Waals surface area contributed by atoms with Crippen molar-refractivity contribution in [2.45, 2.75) is 238 Å². The highest BCUT2D eigenvalue weighted by molar-refractivity contribution is 7.85. The van der Waals surface area contributed by atoms with Crippen LogP contribution in [0.1, 0.15) is 145 Å².